The van der Waals surface area contributed by atoms with E-state index in [4.69, 9.17) is 0 Å². The van der Waals surface area contributed by atoms with E-state index < -0.39 is 0 Å². The van der Waals surface area contributed by atoms with E-state index in [0.29, 0.717) is 12.4 Å². The number of hydrogen-bond donors (Lipinski definition) is 2. The molecule has 6 heteroatoms. The van der Waals surface area contributed by atoms with E-state index in [9.17, 15) is 4.79 Å². The Bertz CT molecular complexity index is 882. The molecule has 0 aliphatic rings. The maximum Gasteiger partial charge on any atom is 0.252 e. The van der Waals surface area contributed by atoms with Crippen molar-refractivity contribution in [2.45, 2.75) is 33.2 Å². The highest BCUT2D eigenvalue weighted by Crippen LogP contribution is 2.21. The van der Waals surface area contributed by atoms with E-state index in [1.165, 1.54) is 11.6 Å². The number of hydrogen-bond acceptors (Lipinski definition) is 4. The lowest BCUT2D eigenvalue weighted by atomic mass is 10.1. The van der Waals surface area contributed by atoms with Crippen LogP contribution >= 0.6 is 0 Å². The first-order valence-corrected chi connectivity index (χ1v) is 8.05. The lowest BCUT2D eigenvalue weighted by Crippen LogP contribution is -2.17. The number of anilines is 1. The molecule has 0 amide bonds. The second-order valence-electron chi connectivity index (χ2n) is 5.77. The summed E-state index contributed by atoms with van der Waals surface area (Å²) in [5, 5.41) is 7.91. The lowest BCUT2D eigenvalue weighted by molar-refractivity contribution is 0.763. The first-order chi connectivity index (χ1) is 11.6. The van der Waals surface area contributed by atoms with Crippen LogP contribution in [0.2, 0.25) is 0 Å². The predicted molar refractivity (Wildman–Crippen MR) is 94.6 cm³/mol. The summed E-state index contributed by atoms with van der Waals surface area (Å²) >= 11 is 0. The van der Waals surface area contributed by atoms with Crippen molar-refractivity contribution in [2.75, 3.05) is 5.32 Å². The summed E-state index contributed by atoms with van der Waals surface area (Å²) in [6.45, 7) is 5.97. The van der Waals surface area contributed by atoms with Crippen LogP contribution in [0.15, 0.2) is 47.3 Å². The molecular weight excluding hydrogens is 302 g/mol. The van der Waals surface area contributed by atoms with Crippen LogP contribution in [0.3, 0.4) is 0 Å². The fraction of sp³-hybridized carbons (Fsp3) is 0.278. The molecule has 3 aromatic rings. The third-order valence-electron chi connectivity index (χ3n) is 3.84. The van der Waals surface area contributed by atoms with Crippen LogP contribution < -0.4 is 10.9 Å². The summed E-state index contributed by atoms with van der Waals surface area (Å²) < 4.78 is 1.65. The molecule has 0 saturated carbocycles. The van der Waals surface area contributed by atoms with Crippen molar-refractivity contribution in [1.29, 1.82) is 0 Å². The first kappa shape index (κ1) is 16.0. The highest BCUT2D eigenvalue weighted by molar-refractivity contribution is 5.44. The van der Waals surface area contributed by atoms with Gasteiger partial charge in [-0.2, -0.15) is 9.78 Å². The van der Waals surface area contributed by atoms with Crippen molar-refractivity contribution in [3.05, 3.63) is 69.8 Å². The number of nitrogens with zero attached hydrogens (tertiary/aromatic N) is 3. The van der Waals surface area contributed by atoms with Gasteiger partial charge in [-0.1, -0.05) is 37.3 Å². The summed E-state index contributed by atoms with van der Waals surface area (Å²) in [5.74, 6) is 1.22. The normalized spacial score (nSPS) is 12.1. The Morgan fingerprint density at radius 1 is 1.25 bits per heavy atom. The average Bonchev–Trinajstić information content (AvgIpc) is 2.95. The zero-order valence-electron chi connectivity index (χ0n) is 14.1. The van der Waals surface area contributed by atoms with Crippen molar-refractivity contribution < 1.29 is 0 Å². The van der Waals surface area contributed by atoms with E-state index in [2.05, 4.69) is 39.4 Å². The van der Waals surface area contributed by atoms with E-state index in [1.54, 1.807) is 4.68 Å². The molecule has 3 rings (SSSR count). The van der Waals surface area contributed by atoms with Gasteiger partial charge in [-0.25, -0.2) is 4.98 Å². The van der Waals surface area contributed by atoms with Gasteiger partial charge in [0.25, 0.3) is 5.56 Å². The second kappa shape index (κ2) is 6.70. The van der Waals surface area contributed by atoms with E-state index >= 15 is 0 Å². The largest absolute Gasteiger partial charge is 0.363 e. The van der Waals surface area contributed by atoms with Crippen LogP contribution in [0.1, 0.15) is 36.8 Å². The van der Waals surface area contributed by atoms with Gasteiger partial charge in [-0.3, -0.25) is 9.78 Å². The second-order valence-corrected chi connectivity index (χ2v) is 5.77. The van der Waals surface area contributed by atoms with E-state index in [1.807, 2.05) is 38.1 Å². The molecule has 0 aliphatic heterocycles. The molecule has 24 heavy (non-hydrogen) atoms. The molecule has 1 aromatic carbocycles. The highest BCUT2D eigenvalue weighted by atomic mass is 16.1. The fourth-order valence-electron chi connectivity index (χ4n) is 2.59. The fourth-order valence-corrected chi connectivity index (χ4v) is 2.59. The summed E-state index contributed by atoms with van der Waals surface area (Å²) in [4.78, 5) is 19.1. The van der Waals surface area contributed by atoms with Crippen LogP contribution in [0.25, 0.3) is 5.95 Å². The Labute approximate surface area is 140 Å². The third kappa shape index (κ3) is 3.37. The maximum absolute atomic E-state index is 11.8. The van der Waals surface area contributed by atoms with Crippen molar-refractivity contribution >= 4 is 5.82 Å². The molecule has 0 radical (unpaired) electrons. The topological polar surface area (TPSA) is 75.6 Å². The van der Waals surface area contributed by atoms with Gasteiger partial charge in [0.2, 0.25) is 5.95 Å². The molecule has 2 heterocycles. The van der Waals surface area contributed by atoms with Crippen LogP contribution in [0, 0.1) is 6.92 Å². The number of aromatic nitrogens is 4. The Morgan fingerprint density at radius 2 is 2.00 bits per heavy atom. The number of aryl methyl sites for hydroxylation is 2. The first-order valence-electron chi connectivity index (χ1n) is 8.05. The Kier molecular flexibility index (Phi) is 4.46. The smallest absolute Gasteiger partial charge is 0.252 e. The van der Waals surface area contributed by atoms with Gasteiger partial charge in [0.05, 0.1) is 5.69 Å². The van der Waals surface area contributed by atoms with Crippen molar-refractivity contribution in [3.63, 3.8) is 0 Å². The van der Waals surface area contributed by atoms with Gasteiger partial charge in [0.1, 0.15) is 5.82 Å². The molecule has 0 saturated heterocycles. The SMILES string of the molecule is CCc1cc(=O)[nH]c(-n2nc(C)cc2NC(C)c2ccccc2)n1. The van der Waals surface area contributed by atoms with Crippen LogP contribution in [-0.4, -0.2) is 19.7 Å². The van der Waals surface area contributed by atoms with Crippen molar-refractivity contribution in [3.8, 4) is 5.95 Å². The van der Waals surface area contributed by atoms with Gasteiger partial charge in [0.15, 0.2) is 0 Å². The zero-order valence-corrected chi connectivity index (χ0v) is 14.1. The number of nitrogens with one attached hydrogen (secondary N) is 2. The molecule has 6 nitrogen and oxygen atoms in total. The molecular formula is C18H21N5O. The molecule has 1 unspecified atom stereocenters. The predicted octanol–water partition coefficient (Wildman–Crippen LogP) is 3.00. The Morgan fingerprint density at radius 3 is 2.71 bits per heavy atom. The molecule has 0 spiro atoms. The minimum Gasteiger partial charge on any atom is -0.363 e. The summed E-state index contributed by atoms with van der Waals surface area (Å²) in [5.41, 5.74) is 2.59. The summed E-state index contributed by atoms with van der Waals surface area (Å²) in [6, 6.07) is 13.7. The highest BCUT2D eigenvalue weighted by Gasteiger charge is 2.13. The summed E-state index contributed by atoms with van der Waals surface area (Å²) in [6.07, 6.45) is 0.695. The minimum absolute atomic E-state index is 0.0992. The summed E-state index contributed by atoms with van der Waals surface area (Å²) in [7, 11) is 0. The number of benzene rings is 1. The van der Waals surface area contributed by atoms with Crippen LogP contribution in [0.5, 0.6) is 0 Å². The molecule has 0 aliphatic carbocycles. The maximum atomic E-state index is 11.8. The van der Waals surface area contributed by atoms with Crippen molar-refractivity contribution in [1.82, 2.24) is 19.7 Å². The Hall–Kier alpha value is -2.89. The lowest BCUT2D eigenvalue weighted by Gasteiger charge is -2.16. The standard InChI is InChI=1S/C18H21N5O/c1-4-15-11-17(24)21-18(20-15)23-16(10-12(2)22-23)19-13(3)14-8-6-5-7-9-14/h5-11,13,19H,4H2,1-3H3,(H,20,21,24). The molecule has 0 bridgehead atoms. The van der Waals surface area contributed by atoms with E-state index in [-0.39, 0.29) is 11.6 Å². The van der Waals surface area contributed by atoms with E-state index in [0.717, 1.165) is 17.2 Å². The zero-order chi connectivity index (χ0) is 17.1. The molecule has 0 fully saturated rings. The number of H-pyrrole nitrogens is 1. The quantitative estimate of drug-likeness (QED) is 0.757. The van der Waals surface area contributed by atoms with Crippen LogP contribution in [-0.2, 0) is 6.42 Å². The van der Waals surface area contributed by atoms with Gasteiger partial charge < -0.3 is 5.32 Å². The number of rotatable bonds is 5. The third-order valence-corrected chi connectivity index (χ3v) is 3.84. The van der Waals surface area contributed by atoms with Gasteiger partial charge >= 0.3 is 0 Å². The average molecular weight is 323 g/mol. The molecule has 124 valence electrons. The Balaban J connectivity index is 1.97. The van der Waals surface area contributed by atoms with Gasteiger partial charge in [-0.05, 0) is 25.8 Å². The van der Waals surface area contributed by atoms with Crippen molar-refractivity contribution in [2.24, 2.45) is 0 Å². The van der Waals surface area contributed by atoms with Gasteiger partial charge in [0, 0.05) is 23.9 Å². The molecule has 2 aromatic heterocycles. The number of aromatic amines is 1. The monoisotopic (exact) mass is 323 g/mol. The van der Waals surface area contributed by atoms with Gasteiger partial charge in [-0.15, -0.1) is 0 Å². The van der Waals surface area contributed by atoms with Crippen LogP contribution in [0.4, 0.5) is 5.82 Å². The molecule has 2 N–H and O–H groups in total. The molecule has 1 atom stereocenters. The minimum atomic E-state index is -0.174.